The molecule has 0 aliphatic rings. The van der Waals surface area contributed by atoms with Crippen LogP contribution >= 0.6 is 11.3 Å². The monoisotopic (exact) mass is 458 g/mol. The van der Waals surface area contributed by atoms with Crippen LogP contribution in [0.2, 0.25) is 0 Å². The maximum atomic E-state index is 13.9. The van der Waals surface area contributed by atoms with E-state index in [0.29, 0.717) is 32.8 Å². The largest absolute Gasteiger partial charge is 0.465 e. The lowest BCUT2D eigenvalue weighted by Crippen LogP contribution is -2.10. The Bertz CT molecular complexity index is 1300. The van der Waals surface area contributed by atoms with E-state index in [9.17, 15) is 18.0 Å². The zero-order valence-electron chi connectivity index (χ0n) is 16.9. The molecule has 6 nitrogen and oxygen atoms in total. The van der Waals surface area contributed by atoms with Gasteiger partial charge in [0.05, 0.1) is 15.8 Å². The summed E-state index contributed by atoms with van der Waals surface area (Å²) in [6.07, 6.45) is -4.27. The van der Waals surface area contributed by atoms with Crippen LogP contribution in [0.3, 0.4) is 0 Å². The van der Waals surface area contributed by atoms with Gasteiger partial charge in [-0.3, -0.25) is 5.32 Å². The molecule has 0 unspecified atom stereocenters. The highest BCUT2D eigenvalue weighted by atomic mass is 32.1. The maximum absolute atomic E-state index is 13.9. The van der Waals surface area contributed by atoms with Gasteiger partial charge in [-0.25, -0.2) is 14.8 Å². The van der Waals surface area contributed by atoms with E-state index in [2.05, 4.69) is 15.3 Å². The Morgan fingerprint density at radius 3 is 2.44 bits per heavy atom. The third-order valence-electron chi connectivity index (χ3n) is 4.73. The first-order valence-electron chi connectivity index (χ1n) is 9.38. The second kappa shape index (κ2) is 8.12. The molecule has 164 valence electrons. The maximum Gasteiger partial charge on any atom is 0.417 e. The number of alkyl halides is 3. The second-order valence-electron chi connectivity index (χ2n) is 7.19. The summed E-state index contributed by atoms with van der Waals surface area (Å²) in [5.41, 5.74) is 0.943. The van der Waals surface area contributed by atoms with Crippen LogP contribution in [0.4, 0.5) is 29.5 Å². The van der Waals surface area contributed by atoms with Crippen LogP contribution in [0.5, 0.6) is 0 Å². The zero-order chi connectivity index (χ0) is 23.0. The lowest BCUT2D eigenvalue weighted by atomic mass is 10.00. The average molecular weight is 458 g/mol. The lowest BCUT2D eigenvalue weighted by Gasteiger charge is -2.14. The average Bonchev–Trinajstić information content (AvgIpc) is 3.15. The molecule has 4 aromatic rings. The molecule has 0 fully saturated rings. The number of fused-ring (bicyclic) bond motifs is 1. The van der Waals surface area contributed by atoms with Crippen molar-refractivity contribution in [2.24, 2.45) is 0 Å². The molecule has 0 atom stereocenters. The van der Waals surface area contributed by atoms with E-state index in [1.807, 2.05) is 14.1 Å². The topological polar surface area (TPSA) is 78.4 Å². The van der Waals surface area contributed by atoms with Crippen LogP contribution in [0.15, 0.2) is 54.7 Å². The predicted molar refractivity (Wildman–Crippen MR) is 119 cm³/mol. The number of nitrogens with one attached hydrogen (secondary N) is 1. The summed E-state index contributed by atoms with van der Waals surface area (Å²) in [4.78, 5) is 21.2. The molecule has 1 amide bonds. The highest BCUT2D eigenvalue weighted by Crippen LogP contribution is 2.42. The number of thiazole rings is 1. The van der Waals surface area contributed by atoms with Crippen LogP contribution < -0.4 is 10.2 Å². The number of pyridine rings is 1. The van der Waals surface area contributed by atoms with Gasteiger partial charge in [-0.15, -0.1) is 11.3 Å². The molecule has 0 saturated heterocycles. The summed E-state index contributed by atoms with van der Waals surface area (Å²) in [5.74, 6) is 0.702. The van der Waals surface area contributed by atoms with E-state index in [1.165, 1.54) is 12.1 Å². The SMILES string of the molecule is CN(C)c1ccc(-c2ccc(-c3nc4ccc(NC(=O)O)cc4s3)c(C(F)(F)F)c2)cn1. The van der Waals surface area contributed by atoms with Crippen LogP contribution in [0, 0.1) is 0 Å². The molecule has 0 spiro atoms. The highest BCUT2D eigenvalue weighted by Gasteiger charge is 2.35. The van der Waals surface area contributed by atoms with E-state index in [0.717, 1.165) is 17.4 Å². The third kappa shape index (κ3) is 4.35. The summed E-state index contributed by atoms with van der Waals surface area (Å²) in [5, 5.41) is 11.3. The number of anilines is 2. The summed E-state index contributed by atoms with van der Waals surface area (Å²) >= 11 is 1.07. The number of amides is 1. The van der Waals surface area contributed by atoms with Crippen molar-refractivity contribution in [1.29, 1.82) is 0 Å². The molecule has 2 aromatic carbocycles. The minimum Gasteiger partial charge on any atom is -0.465 e. The Kier molecular flexibility index (Phi) is 5.47. The van der Waals surface area contributed by atoms with Crippen LogP contribution in [0.25, 0.3) is 31.9 Å². The number of hydrogen-bond donors (Lipinski definition) is 2. The Labute approximate surface area is 185 Å². The molecule has 0 bridgehead atoms. The molecule has 0 saturated carbocycles. The van der Waals surface area contributed by atoms with E-state index >= 15 is 0 Å². The number of carbonyl (C=O) groups is 1. The van der Waals surface area contributed by atoms with Gasteiger partial charge in [-0.2, -0.15) is 13.2 Å². The van der Waals surface area contributed by atoms with Gasteiger partial charge in [0.2, 0.25) is 0 Å². The van der Waals surface area contributed by atoms with Gasteiger partial charge in [0.15, 0.2) is 0 Å². The summed E-state index contributed by atoms with van der Waals surface area (Å²) in [6, 6.07) is 12.2. The van der Waals surface area contributed by atoms with Crippen molar-refractivity contribution in [3.05, 3.63) is 60.3 Å². The van der Waals surface area contributed by atoms with E-state index in [4.69, 9.17) is 5.11 Å². The second-order valence-corrected chi connectivity index (χ2v) is 8.22. The Hall–Kier alpha value is -3.66. The van der Waals surface area contributed by atoms with Crippen molar-refractivity contribution in [2.45, 2.75) is 6.18 Å². The fourth-order valence-electron chi connectivity index (χ4n) is 3.21. The molecule has 4 rings (SSSR count). The molecule has 0 aliphatic heterocycles. The first-order chi connectivity index (χ1) is 15.1. The molecule has 2 heterocycles. The summed E-state index contributed by atoms with van der Waals surface area (Å²) in [6.45, 7) is 0. The molecular weight excluding hydrogens is 441 g/mol. The van der Waals surface area contributed by atoms with Crippen molar-refractivity contribution in [3.8, 4) is 21.7 Å². The van der Waals surface area contributed by atoms with Gasteiger partial charge in [0.1, 0.15) is 10.8 Å². The molecule has 0 aliphatic carbocycles. The predicted octanol–water partition coefficient (Wildman–Crippen LogP) is 6.20. The Morgan fingerprint density at radius 1 is 1.06 bits per heavy atom. The number of hydrogen-bond acceptors (Lipinski definition) is 5. The van der Waals surface area contributed by atoms with Gasteiger partial charge in [-0.1, -0.05) is 12.1 Å². The highest BCUT2D eigenvalue weighted by molar-refractivity contribution is 7.21. The lowest BCUT2D eigenvalue weighted by molar-refractivity contribution is -0.137. The van der Waals surface area contributed by atoms with Gasteiger partial charge >= 0.3 is 12.3 Å². The number of nitrogens with zero attached hydrogens (tertiary/aromatic N) is 3. The fraction of sp³-hybridized carbons (Fsp3) is 0.136. The van der Waals surface area contributed by atoms with Crippen LogP contribution in [0.1, 0.15) is 5.56 Å². The molecule has 10 heteroatoms. The van der Waals surface area contributed by atoms with E-state index in [-0.39, 0.29) is 10.6 Å². The molecule has 0 radical (unpaired) electrons. The zero-order valence-corrected chi connectivity index (χ0v) is 17.8. The first kappa shape index (κ1) is 21.6. The van der Waals surface area contributed by atoms with Gasteiger partial charge in [0, 0.05) is 37.1 Å². The summed E-state index contributed by atoms with van der Waals surface area (Å²) in [7, 11) is 3.66. The van der Waals surface area contributed by atoms with Crippen molar-refractivity contribution < 1.29 is 23.1 Å². The smallest absolute Gasteiger partial charge is 0.417 e. The van der Waals surface area contributed by atoms with Gasteiger partial charge in [0.25, 0.3) is 0 Å². The molecule has 32 heavy (non-hydrogen) atoms. The number of carboxylic acid groups (broad SMARTS) is 1. The standard InChI is InChI=1S/C22H17F3N4O2S/c1-29(2)19-8-4-13(11-26-19)12-3-6-15(16(9-12)22(23,24)25)20-28-17-7-5-14(27-21(30)31)10-18(17)32-20/h3-11,27H,1-2H3,(H,30,31). The third-order valence-corrected chi connectivity index (χ3v) is 5.79. The number of halogens is 3. The fourth-order valence-corrected chi connectivity index (χ4v) is 4.25. The number of aromatic nitrogens is 2. The molecule has 2 N–H and O–H groups in total. The van der Waals surface area contributed by atoms with Crippen molar-refractivity contribution in [1.82, 2.24) is 9.97 Å². The van der Waals surface area contributed by atoms with Gasteiger partial charge < -0.3 is 10.0 Å². The first-order valence-corrected chi connectivity index (χ1v) is 10.2. The van der Waals surface area contributed by atoms with Crippen LogP contribution in [-0.4, -0.2) is 35.3 Å². The normalized spacial score (nSPS) is 11.5. The van der Waals surface area contributed by atoms with Crippen molar-refractivity contribution >= 4 is 39.2 Å². The number of benzene rings is 2. The van der Waals surface area contributed by atoms with Gasteiger partial charge in [-0.05, 0) is 42.0 Å². The van der Waals surface area contributed by atoms with E-state index in [1.54, 1.807) is 41.4 Å². The van der Waals surface area contributed by atoms with Crippen molar-refractivity contribution in [3.63, 3.8) is 0 Å². The Morgan fingerprint density at radius 2 is 1.81 bits per heavy atom. The van der Waals surface area contributed by atoms with E-state index < -0.39 is 17.8 Å². The molecular formula is C22H17F3N4O2S. The summed E-state index contributed by atoms with van der Waals surface area (Å²) < 4.78 is 42.4. The van der Waals surface area contributed by atoms with Crippen molar-refractivity contribution in [2.75, 3.05) is 24.3 Å². The molecule has 2 aromatic heterocycles. The van der Waals surface area contributed by atoms with Crippen LogP contribution in [-0.2, 0) is 6.18 Å². The number of rotatable bonds is 4. The Balaban J connectivity index is 1.78. The minimum atomic E-state index is -4.59. The quantitative estimate of drug-likeness (QED) is 0.381. The minimum absolute atomic E-state index is 0.0342.